The largest absolute Gasteiger partial charge is 0.368 e. The Kier molecular flexibility index (Phi) is 7.23. The second-order valence-corrected chi connectivity index (χ2v) is 7.39. The van der Waals surface area contributed by atoms with Crippen LogP contribution in [0, 0.1) is 13.8 Å². The van der Waals surface area contributed by atoms with Crippen molar-refractivity contribution in [1.82, 2.24) is 15.2 Å². The molecule has 0 bridgehead atoms. The molecule has 4 N–H and O–H groups in total. The molecule has 0 aliphatic carbocycles. The second-order valence-electron chi connectivity index (χ2n) is 7.39. The highest BCUT2D eigenvalue weighted by atomic mass is 16.2. The first-order chi connectivity index (χ1) is 15.3. The van der Waals surface area contributed by atoms with E-state index in [0.717, 1.165) is 28.2 Å². The molecule has 0 saturated heterocycles. The highest BCUT2D eigenvalue weighted by Gasteiger charge is 2.09. The number of aromatic nitrogens is 1. The lowest BCUT2D eigenvalue weighted by atomic mass is 10.1. The van der Waals surface area contributed by atoms with E-state index in [-0.39, 0.29) is 18.4 Å². The average molecular weight is 431 g/mol. The van der Waals surface area contributed by atoms with Crippen molar-refractivity contribution in [2.24, 2.45) is 5.73 Å². The van der Waals surface area contributed by atoms with Crippen molar-refractivity contribution in [1.29, 1.82) is 0 Å². The molecule has 164 valence electrons. The number of nitrogens with one attached hydrogen (secondary N) is 2. The number of amides is 3. The first kappa shape index (κ1) is 22.6. The molecule has 2 aromatic carbocycles. The van der Waals surface area contributed by atoms with Crippen LogP contribution in [0.25, 0.3) is 11.8 Å². The van der Waals surface area contributed by atoms with Gasteiger partial charge in [0.2, 0.25) is 11.8 Å². The lowest BCUT2D eigenvalue weighted by molar-refractivity contribution is -0.117. The number of rotatable bonds is 8. The van der Waals surface area contributed by atoms with Crippen molar-refractivity contribution in [2.45, 2.75) is 20.4 Å². The number of nitrogens with two attached hydrogens (primary N) is 1. The van der Waals surface area contributed by atoms with Crippen LogP contribution in [0.4, 0.5) is 0 Å². The van der Waals surface area contributed by atoms with E-state index in [0.29, 0.717) is 12.1 Å². The summed E-state index contributed by atoms with van der Waals surface area (Å²) < 4.78 is 2.15. The zero-order valence-electron chi connectivity index (χ0n) is 18.1. The quantitative estimate of drug-likeness (QED) is 0.478. The highest BCUT2D eigenvalue weighted by molar-refractivity contribution is 5.96. The van der Waals surface area contributed by atoms with Gasteiger partial charge in [0.1, 0.15) is 0 Å². The van der Waals surface area contributed by atoms with Gasteiger partial charge in [-0.3, -0.25) is 14.4 Å². The lowest BCUT2D eigenvalue weighted by Gasteiger charge is -2.09. The molecule has 0 saturated carbocycles. The number of para-hydroxylation sites is 1. The fraction of sp³-hybridized carbons (Fsp3) is 0.160. The Labute approximate surface area is 186 Å². The number of nitrogens with zero attached hydrogens (tertiary/aromatic N) is 1. The molecule has 0 unspecified atom stereocenters. The zero-order chi connectivity index (χ0) is 23.1. The zero-order valence-corrected chi connectivity index (χ0v) is 18.1. The Balaban J connectivity index is 1.57. The molecule has 0 spiro atoms. The number of carbonyl (C=O) groups is 3. The molecule has 3 rings (SSSR count). The first-order valence-electron chi connectivity index (χ1n) is 10.2. The Morgan fingerprint density at radius 1 is 0.969 bits per heavy atom. The minimum absolute atomic E-state index is 0.210. The molecule has 1 heterocycles. The first-order valence-corrected chi connectivity index (χ1v) is 10.2. The smallest absolute Gasteiger partial charge is 0.251 e. The Bertz CT molecular complexity index is 1150. The molecule has 1 aromatic heterocycles. The Morgan fingerprint density at radius 3 is 2.31 bits per heavy atom. The van der Waals surface area contributed by atoms with Crippen LogP contribution < -0.4 is 16.4 Å². The molecular weight excluding hydrogens is 404 g/mol. The Morgan fingerprint density at radius 2 is 1.66 bits per heavy atom. The van der Waals surface area contributed by atoms with Gasteiger partial charge in [-0.05, 0) is 61.4 Å². The fourth-order valence-electron chi connectivity index (χ4n) is 3.39. The molecule has 0 fully saturated rings. The van der Waals surface area contributed by atoms with Crippen LogP contribution in [-0.2, 0) is 16.1 Å². The normalized spacial score (nSPS) is 10.8. The maximum Gasteiger partial charge on any atom is 0.251 e. The van der Waals surface area contributed by atoms with Gasteiger partial charge in [-0.25, -0.2) is 0 Å². The summed E-state index contributed by atoms with van der Waals surface area (Å²) in [4.78, 5) is 34.9. The van der Waals surface area contributed by atoms with Gasteiger partial charge in [0.25, 0.3) is 5.91 Å². The average Bonchev–Trinajstić information content (AvgIpc) is 3.08. The number of carbonyl (C=O) groups excluding carboxylic acids is 3. The van der Waals surface area contributed by atoms with Crippen molar-refractivity contribution in [2.75, 3.05) is 6.54 Å². The second kappa shape index (κ2) is 10.3. The van der Waals surface area contributed by atoms with Crippen LogP contribution in [0.5, 0.6) is 0 Å². The molecule has 7 nitrogen and oxygen atoms in total. The van der Waals surface area contributed by atoms with E-state index in [9.17, 15) is 14.4 Å². The van der Waals surface area contributed by atoms with E-state index < -0.39 is 5.91 Å². The summed E-state index contributed by atoms with van der Waals surface area (Å²) >= 11 is 0. The third kappa shape index (κ3) is 5.72. The third-order valence-electron chi connectivity index (χ3n) is 5.00. The SMILES string of the molecule is Cc1cc(/C=C/C(=O)NCc2ccc(C(=O)NCC(N)=O)cc2)c(C)n1-c1ccccc1. The minimum Gasteiger partial charge on any atom is -0.368 e. The number of primary amides is 1. The van der Waals surface area contributed by atoms with Crippen LogP contribution >= 0.6 is 0 Å². The molecule has 0 radical (unpaired) electrons. The van der Waals surface area contributed by atoms with Crippen molar-refractivity contribution in [3.05, 3.63) is 94.8 Å². The summed E-state index contributed by atoms with van der Waals surface area (Å²) in [5.74, 6) is -1.19. The molecule has 0 aliphatic heterocycles. The summed E-state index contributed by atoms with van der Waals surface area (Å²) in [7, 11) is 0. The van der Waals surface area contributed by atoms with E-state index >= 15 is 0 Å². The van der Waals surface area contributed by atoms with Crippen molar-refractivity contribution in [3.63, 3.8) is 0 Å². The van der Waals surface area contributed by atoms with Crippen molar-refractivity contribution < 1.29 is 14.4 Å². The summed E-state index contributed by atoms with van der Waals surface area (Å²) in [6.45, 7) is 4.18. The van der Waals surface area contributed by atoms with Crippen molar-refractivity contribution in [3.8, 4) is 5.69 Å². The lowest BCUT2D eigenvalue weighted by Crippen LogP contribution is -2.33. The predicted molar refractivity (Wildman–Crippen MR) is 124 cm³/mol. The van der Waals surface area contributed by atoms with E-state index in [1.807, 2.05) is 56.3 Å². The summed E-state index contributed by atoms with van der Waals surface area (Å²) in [5.41, 5.74) is 10.5. The molecule has 32 heavy (non-hydrogen) atoms. The van der Waals surface area contributed by atoms with Crippen molar-refractivity contribution >= 4 is 23.8 Å². The van der Waals surface area contributed by atoms with Gasteiger partial charge in [0, 0.05) is 35.3 Å². The van der Waals surface area contributed by atoms with E-state index in [1.165, 1.54) is 6.08 Å². The summed E-state index contributed by atoms with van der Waals surface area (Å²) in [6, 6.07) is 18.9. The maximum absolute atomic E-state index is 12.3. The number of hydrogen-bond acceptors (Lipinski definition) is 3. The van der Waals surface area contributed by atoms with Crippen LogP contribution in [0.3, 0.4) is 0 Å². The van der Waals surface area contributed by atoms with Gasteiger partial charge in [-0.15, -0.1) is 0 Å². The van der Waals surface area contributed by atoms with E-state index in [1.54, 1.807) is 24.3 Å². The molecule has 0 aliphatic rings. The van der Waals surface area contributed by atoms with Gasteiger partial charge >= 0.3 is 0 Å². The predicted octanol–water partition coefficient (Wildman–Crippen LogP) is 2.64. The molecule has 3 aromatic rings. The van der Waals surface area contributed by atoms with Gasteiger partial charge in [0.05, 0.1) is 6.54 Å². The van der Waals surface area contributed by atoms with Gasteiger partial charge in [-0.2, -0.15) is 0 Å². The maximum atomic E-state index is 12.3. The number of aryl methyl sites for hydroxylation is 1. The summed E-state index contributed by atoms with van der Waals surface area (Å²) in [6.07, 6.45) is 3.33. The fourth-order valence-corrected chi connectivity index (χ4v) is 3.39. The molecule has 7 heteroatoms. The standard InChI is InChI=1S/C25H26N4O3/c1-17-14-21(18(2)29(17)22-6-4-3-5-7-22)12-13-24(31)27-15-19-8-10-20(11-9-19)25(32)28-16-23(26)30/h3-14H,15-16H2,1-2H3,(H2,26,30)(H,27,31)(H,28,32)/b13-12+. The minimum atomic E-state index is -0.604. The van der Waals surface area contributed by atoms with Crippen LogP contribution in [0.1, 0.15) is 32.9 Å². The molecular formula is C25H26N4O3. The Hall–Kier alpha value is -4.13. The monoisotopic (exact) mass is 430 g/mol. The van der Waals surface area contributed by atoms with Gasteiger partial charge in [-0.1, -0.05) is 30.3 Å². The van der Waals surface area contributed by atoms with Crippen LogP contribution in [0.15, 0.2) is 66.7 Å². The molecule has 3 amide bonds. The number of benzene rings is 2. The van der Waals surface area contributed by atoms with E-state index in [2.05, 4.69) is 15.2 Å². The van der Waals surface area contributed by atoms with Crippen LogP contribution in [0.2, 0.25) is 0 Å². The molecule has 0 atom stereocenters. The third-order valence-corrected chi connectivity index (χ3v) is 5.00. The van der Waals surface area contributed by atoms with Gasteiger partial charge in [0.15, 0.2) is 0 Å². The van der Waals surface area contributed by atoms with Crippen LogP contribution in [-0.4, -0.2) is 28.8 Å². The van der Waals surface area contributed by atoms with Gasteiger partial charge < -0.3 is 20.9 Å². The number of hydrogen-bond donors (Lipinski definition) is 3. The topological polar surface area (TPSA) is 106 Å². The summed E-state index contributed by atoms with van der Waals surface area (Å²) in [5, 5.41) is 5.26. The highest BCUT2D eigenvalue weighted by Crippen LogP contribution is 2.21. The van der Waals surface area contributed by atoms with E-state index in [4.69, 9.17) is 5.73 Å².